The maximum absolute atomic E-state index is 14.4. The van der Waals surface area contributed by atoms with Crippen LogP contribution in [0.4, 0.5) is 15.8 Å². The molecular formula is C30H25FN8O7. The number of carboxylic acids is 1. The third-order valence-corrected chi connectivity index (χ3v) is 8.00. The van der Waals surface area contributed by atoms with Crippen LogP contribution in [-0.4, -0.2) is 42.5 Å². The predicted octanol–water partition coefficient (Wildman–Crippen LogP) is 0.701. The fraction of sp³-hybridized carbons (Fsp3) is 0.200. The molecule has 234 valence electrons. The molecule has 5 aromatic rings. The summed E-state index contributed by atoms with van der Waals surface area (Å²) in [6.07, 6.45) is 1.07. The maximum Gasteiger partial charge on any atom is 0.363 e. The van der Waals surface area contributed by atoms with Gasteiger partial charge in [0.25, 0.3) is 28.4 Å². The average molecular weight is 629 g/mol. The van der Waals surface area contributed by atoms with Gasteiger partial charge in [-0.1, -0.05) is 12.1 Å². The van der Waals surface area contributed by atoms with E-state index in [2.05, 4.69) is 31.0 Å². The molecule has 1 atom stereocenters. The van der Waals surface area contributed by atoms with Gasteiger partial charge >= 0.3 is 11.7 Å². The number of halogens is 1. The van der Waals surface area contributed by atoms with E-state index in [4.69, 9.17) is 5.73 Å². The van der Waals surface area contributed by atoms with E-state index < -0.39 is 46.2 Å². The molecular weight excluding hydrogens is 603 g/mol. The Labute approximate surface area is 257 Å². The summed E-state index contributed by atoms with van der Waals surface area (Å²) in [5.74, 6) is -3.19. The van der Waals surface area contributed by atoms with Crippen LogP contribution < -0.4 is 38.2 Å². The Hall–Kier alpha value is -6.19. The number of aromatic carboxylic acids is 1. The number of carboxylic acid groups (broad SMARTS) is 1. The number of nitrogens with one attached hydrogen (secondary N) is 4. The number of benzene rings is 2. The molecule has 16 heteroatoms. The summed E-state index contributed by atoms with van der Waals surface area (Å²) in [6.45, 7) is 1.50. The summed E-state index contributed by atoms with van der Waals surface area (Å²) in [7, 11) is 0. The van der Waals surface area contributed by atoms with Crippen LogP contribution in [0, 0.1) is 12.7 Å². The number of carbonyl (C=O) groups excluding carboxylic acids is 2. The van der Waals surface area contributed by atoms with Gasteiger partial charge in [-0.25, -0.2) is 28.6 Å². The number of hydrogen-bond acceptors (Lipinski definition) is 10. The summed E-state index contributed by atoms with van der Waals surface area (Å²) in [5, 5.41) is 20.0. The maximum atomic E-state index is 14.4. The minimum Gasteiger partial charge on any atom is -0.478 e. The molecule has 1 aliphatic rings. The number of H-pyrrole nitrogens is 1. The number of aromatic amines is 1. The third-order valence-electron chi connectivity index (χ3n) is 8.00. The molecule has 0 aliphatic heterocycles. The van der Waals surface area contributed by atoms with Crippen molar-refractivity contribution in [1.82, 2.24) is 30.2 Å². The molecule has 0 bridgehead atoms. The van der Waals surface area contributed by atoms with Gasteiger partial charge in [0.1, 0.15) is 28.6 Å². The van der Waals surface area contributed by atoms with Crippen molar-refractivity contribution < 1.29 is 23.9 Å². The highest BCUT2D eigenvalue weighted by Crippen LogP contribution is 2.35. The third kappa shape index (κ3) is 5.25. The van der Waals surface area contributed by atoms with E-state index in [-0.39, 0.29) is 52.8 Å². The molecule has 1 aliphatic carbocycles. The number of nitrogen functional groups attached to an aromatic ring is 1. The molecule has 2 heterocycles. The molecule has 46 heavy (non-hydrogen) atoms. The van der Waals surface area contributed by atoms with Crippen molar-refractivity contribution >= 4 is 34.9 Å². The first-order valence-corrected chi connectivity index (χ1v) is 14.0. The minimum atomic E-state index is -1.04. The van der Waals surface area contributed by atoms with Crippen molar-refractivity contribution in [2.24, 2.45) is 0 Å². The van der Waals surface area contributed by atoms with Gasteiger partial charge in [-0.05, 0) is 60.2 Å². The largest absolute Gasteiger partial charge is 0.478 e. The zero-order valence-electron chi connectivity index (χ0n) is 24.1. The van der Waals surface area contributed by atoms with Crippen molar-refractivity contribution in [3.63, 3.8) is 0 Å². The van der Waals surface area contributed by atoms with Gasteiger partial charge in [0, 0.05) is 24.7 Å². The van der Waals surface area contributed by atoms with Crippen LogP contribution in [0.15, 0.2) is 50.8 Å². The molecule has 0 fully saturated rings. The van der Waals surface area contributed by atoms with Gasteiger partial charge in [0.15, 0.2) is 0 Å². The number of nitrogens with zero attached hydrogens (tertiary/aromatic N) is 3. The fourth-order valence-corrected chi connectivity index (χ4v) is 5.58. The molecule has 0 saturated carbocycles. The Kier molecular flexibility index (Phi) is 7.39. The number of rotatable bonds is 9. The normalized spacial score (nSPS) is 13.9. The molecule has 3 aromatic carbocycles. The Balaban J connectivity index is 1.19. The molecule has 2 amide bonds. The monoisotopic (exact) mass is 628 g/mol. The lowest BCUT2D eigenvalue weighted by atomic mass is 9.98. The topological polar surface area (TPSA) is 231 Å². The molecule has 15 nitrogen and oxygen atoms in total. The highest BCUT2D eigenvalue weighted by atomic mass is 19.1. The summed E-state index contributed by atoms with van der Waals surface area (Å²) in [5.41, 5.74) is 5.55. The quantitative estimate of drug-likeness (QED) is 0.124. The van der Waals surface area contributed by atoms with Crippen molar-refractivity contribution in [2.45, 2.75) is 38.9 Å². The van der Waals surface area contributed by atoms with Crippen LogP contribution in [-0.2, 0) is 19.5 Å². The standard InChI is InChI=1S/C30H25FN8O7/c1-12-15-5-7-19(17(15)4-3-16(12)28(44)45)35-27(43)21-9-20(36-29-37-30(46)38-39(21)29)26(42)34-10-13-2-6-18(31)14(8-13)11-33-23-22(32)24(40)25(23)41/h2-4,6,8-9,19,33H,5,7,10-11,32H2,1H3,(H,34,42)(H,35,43)(H,38,46)(H,44,45)/t19-/m0/s1. The van der Waals surface area contributed by atoms with Crippen LogP contribution in [0.1, 0.15) is 71.6 Å². The lowest BCUT2D eigenvalue weighted by Gasteiger charge is -2.16. The van der Waals surface area contributed by atoms with Crippen LogP contribution in [0.5, 0.6) is 0 Å². The van der Waals surface area contributed by atoms with E-state index in [1.807, 2.05) is 0 Å². The number of hydrogen-bond donors (Lipinski definition) is 6. The van der Waals surface area contributed by atoms with Crippen molar-refractivity contribution in [3.8, 4) is 0 Å². The molecule has 0 radical (unpaired) electrons. The van der Waals surface area contributed by atoms with Crippen molar-refractivity contribution in [2.75, 3.05) is 11.1 Å². The lowest BCUT2D eigenvalue weighted by Crippen LogP contribution is -2.37. The molecule has 7 N–H and O–H groups in total. The molecule has 0 saturated heterocycles. The van der Waals surface area contributed by atoms with E-state index in [0.29, 0.717) is 24.0 Å². The first kappa shape index (κ1) is 29.9. The number of amides is 2. The number of aromatic nitrogens is 4. The lowest BCUT2D eigenvalue weighted by molar-refractivity contribution is 0.0695. The van der Waals surface area contributed by atoms with E-state index >= 15 is 0 Å². The summed E-state index contributed by atoms with van der Waals surface area (Å²) in [4.78, 5) is 80.9. The zero-order valence-corrected chi connectivity index (χ0v) is 24.1. The van der Waals surface area contributed by atoms with Gasteiger partial charge in [-0.3, -0.25) is 19.2 Å². The molecule has 6 rings (SSSR count). The Morgan fingerprint density at radius 1 is 1.07 bits per heavy atom. The highest BCUT2D eigenvalue weighted by molar-refractivity contribution is 5.98. The molecule has 2 aromatic heterocycles. The summed E-state index contributed by atoms with van der Waals surface area (Å²) >= 11 is 0. The van der Waals surface area contributed by atoms with E-state index in [0.717, 1.165) is 15.6 Å². The van der Waals surface area contributed by atoms with Gasteiger partial charge in [0.05, 0.1) is 11.6 Å². The van der Waals surface area contributed by atoms with Gasteiger partial charge < -0.3 is 26.8 Å². The van der Waals surface area contributed by atoms with Gasteiger partial charge in [-0.15, -0.1) is 0 Å². The highest BCUT2D eigenvalue weighted by Gasteiger charge is 2.29. The number of carbonyl (C=O) groups is 3. The van der Waals surface area contributed by atoms with Gasteiger partial charge in [0.2, 0.25) is 0 Å². The SMILES string of the molecule is Cc1c(C(=O)O)ccc2c1CC[C@@H]2NC(=O)c1cc(C(=O)NCc2ccc(F)c(CNc3c(N)c(=O)c3=O)c2)nc2nc(=O)[nH]n12. The van der Waals surface area contributed by atoms with Crippen LogP contribution in [0.2, 0.25) is 0 Å². The average Bonchev–Trinajstić information content (AvgIpc) is 3.62. The van der Waals surface area contributed by atoms with E-state index in [1.165, 1.54) is 30.3 Å². The van der Waals surface area contributed by atoms with Crippen LogP contribution in [0.25, 0.3) is 5.78 Å². The number of nitrogens with two attached hydrogens (primary N) is 1. The first-order chi connectivity index (χ1) is 21.9. The Morgan fingerprint density at radius 3 is 2.59 bits per heavy atom. The Morgan fingerprint density at radius 2 is 1.85 bits per heavy atom. The van der Waals surface area contributed by atoms with Crippen molar-refractivity contribution in [3.05, 3.63) is 118 Å². The van der Waals surface area contributed by atoms with E-state index in [9.17, 15) is 38.3 Å². The molecule has 0 unspecified atom stereocenters. The fourth-order valence-electron chi connectivity index (χ4n) is 5.58. The number of fused-ring (bicyclic) bond motifs is 2. The van der Waals surface area contributed by atoms with Crippen LogP contribution in [0.3, 0.4) is 0 Å². The number of anilines is 2. The smallest absolute Gasteiger partial charge is 0.363 e. The van der Waals surface area contributed by atoms with Crippen molar-refractivity contribution in [1.29, 1.82) is 0 Å². The second kappa shape index (κ2) is 11.4. The summed E-state index contributed by atoms with van der Waals surface area (Å²) in [6, 6.07) is 7.98. The zero-order chi connectivity index (χ0) is 32.9. The summed E-state index contributed by atoms with van der Waals surface area (Å²) < 4.78 is 15.5. The second-order valence-corrected chi connectivity index (χ2v) is 10.8. The predicted molar refractivity (Wildman–Crippen MR) is 161 cm³/mol. The van der Waals surface area contributed by atoms with E-state index in [1.54, 1.807) is 13.0 Å². The second-order valence-electron chi connectivity index (χ2n) is 10.8. The van der Waals surface area contributed by atoms with Gasteiger partial charge in [-0.2, -0.15) is 4.98 Å². The molecule has 0 spiro atoms. The minimum absolute atomic E-state index is 0.0767. The first-order valence-electron chi connectivity index (χ1n) is 14.0. The van der Waals surface area contributed by atoms with Crippen LogP contribution >= 0.6 is 0 Å². The Bertz CT molecular complexity index is 2230.